The van der Waals surface area contributed by atoms with Crippen LogP contribution >= 0.6 is 0 Å². The molecule has 1 saturated heterocycles. The van der Waals surface area contributed by atoms with E-state index in [-0.39, 0.29) is 11.8 Å². The lowest BCUT2D eigenvalue weighted by molar-refractivity contribution is -0.134. The molecule has 1 N–H and O–H groups in total. The summed E-state index contributed by atoms with van der Waals surface area (Å²) < 4.78 is 5.18. The van der Waals surface area contributed by atoms with Gasteiger partial charge in [0.05, 0.1) is 11.5 Å². The fraction of sp³-hybridized carbons (Fsp3) is 0.538. The van der Waals surface area contributed by atoms with Crippen LogP contribution in [-0.2, 0) is 20.7 Å². The number of rotatable bonds is 10. The Hall–Kier alpha value is -3.00. The molecule has 0 aliphatic carbocycles. The summed E-state index contributed by atoms with van der Waals surface area (Å²) in [6, 6.07) is 8.71. The Bertz CT molecular complexity index is 955. The molecule has 0 saturated carbocycles. The molecule has 184 valence electrons. The molecule has 1 amide bonds. The van der Waals surface area contributed by atoms with Gasteiger partial charge in [-0.1, -0.05) is 45.0 Å². The number of amides is 1. The van der Waals surface area contributed by atoms with E-state index < -0.39 is 6.10 Å². The van der Waals surface area contributed by atoms with Crippen LogP contribution in [0.3, 0.4) is 0 Å². The number of nitrogens with one attached hydrogen (secondary N) is 1. The molecular formula is C26H37N5O3. The zero-order valence-corrected chi connectivity index (χ0v) is 21.0. The summed E-state index contributed by atoms with van der Waals surface area (Å²) >= 11 is 0. The van der Waals surface area contributed by atoms with E-state index in [9.17, 15) is 9.59 Å². The van der Waals surface area contributed by atoms with E-state index >= 15 is 0 Å². The monoisotopic (exact) mass is 467 g/mol. The van der Waals surface area contributed by atoms with Crippen molar-refractivity contribution in [1.82, 2.24) is 20.2 Å². The van der Waals surface area contributed by atoms with Crippen molar-refractivity contribution in [2.45, 2.75) is 59.1 Å². The number of aromatic nitrogens is 2. The van der Waals surface area contributed by atoms with Crippen molar-refractivity contribution in [3.63, 3.8) is 0 Å². The number of benzene rings is 1. The second-order valence-corrected chi connectivity index (χ2v) is 9.09. The van der Waals surface area contributed by atoms with Gasteiger partial charge in [0.15, 0.2) is 0 Å². The molecule has 2 aromatic rings. The molecular weight excluding hydrogens is 430 g/mol. The van der Waals surface area contributed by atoms with Gasteiger partial charge < -0.3 is 19.9 Å². The van der Waals surface area contributed by atoms with Gasteiger partial charge in [-0.3, -0.25) is 9.59 Å². The highest BCUT2D eigenvalue weighted by Crippen LogP contribution is 2.29. The van der Waals surface area contributed by atoms with Crippen LogP contribution in [0.4, 0.5) is 5.82 Å². The van der Waals surface area contributed by atoms with Gasteiger partial charge in [-0.2, -0.15) is 0 Å². The number of nitrogens with zero attached hydrogens (tertiary/aromatic N) is 4. The second kappa shape index (κ2) is 11.9. The smallest absolute Gasteiger partial charge is 0.293 e. The Balaban J connectivity index is 1.74. The maximum Gasteiger partial charge on any atom is 0.293 e. The summed E-state index contributed by atoms with van der Waals surface area (Å²) in [6.07, 6.45) is 2.07. The molecule has 2 heterocycles. The summed E-state index contributed by atoms with van der Waals surface area (Å²) in [5.74, 6) is 0.689. The van der Waals surface area contributed by atoms with Gasteiger partial charge in [-0.05, 0) is 31.4 Å². The van der Waals surface area contributed by atoms with Crippen LogP contribution in [0.2, 0.25) is 0 Å². The first-order valence-corrected chi connectivity index (χ1v) is 12.1. The molecule has 8 nitrogen and oxygen atoms in total. The highest BCUT2D eigenvalue weighted by atomic mass is 16.5. The third kappa shape index (κ3) is 6.11. The average molecular weight is 468 g/mol. The zero-order valence-electron chi connectivity index (χ0n) is 21.0. The van der Waals surface area contributed by atoms with Crippen LogP contribution in [-0.4, -0.2) is 66.0 Å². The van der Waals surface area contributed by atoms with Crippen molar-refractivity contribution in [2.75, 3.05) is 37.6 Å². The molecule has 0 spiro atoms. The van der Waals surface area contributed by atoms with Crippen molar-refractivity contribution in [2.24, 2.45) is 0 Å². The van der Waals surface area contributed by atoms with E-state index in [1.165, 1.54) is 11.9 Å². The first kappa shape index (κ1) is 25.6. The van der Waals surface area contributed by atoms with Crippen molar-refractivity contribution in [1.29, 1.82) is 0 Å². The first-order chi connectivity index (χ1) is 16.3. The van der Waals surface area contributed by atoms with Gasteiger partial charge >= 0.3 is 0 Å². The number of hydrogen-bond acceptors (Lipinski definition) is 7. The van der Waals surface area contributed by atoms with Crippen molar-refractivity contribution in [3.05, 3.63) is 53.0 Å². The highest BCUT2D eigenvalue weighted by Gasteiger charge is 2.30. The van der Waals surface area contributed by atoms with Crippen molar-refractivity contribution >= 4 is 18.2 Å². The number of carbonyl (C=O) groups is 2. The number of aryl methyl sites for hydroxylation is 2. The summed E-state index contributed by atoms with van der Waals surface area (Å²) in [6.45, 7) is 13.6. The minimum Gasteiger partial charge on any atom is -0.460 e. The van der Waals surface area contributed by atoms with E-state index in [2.05, 4.69) is 65.2 Å². The standard InChI is InChI=1S/C26H37N5O3/c1-6-21-7-9-22(10-8-21)23(15-27-18(2)3)26(33)31-13-11-30(12-14-31)25-24(20(5)34-17-32)19(4)28-16-29-25/h7-10,16-18,20,23,27H,6,11-15H2,1-5H3/t20-,23?/m1/s1. The van der Waals surface area contributed by atoms with Gasteiger partial charge in [0, 0.05) is 44.5 Å². The molecule has 1 aromatic heterocycles. The third-order valence-electron chi connectivity index (χ3n) is 6.44. The van der Waals surface area contributed by atoms with E-state index in [1.807, 2.05) is 18.7 Å². The number of piperazine rings is 1. The summed E-state index contributed by atoms with van der Waals surface area (Å²) in [5, 5.41) is 3.45. The third-order valence-corrected chi connectivity index (χ3v) is 6.44. The molecule has 3 rings (SSSR count). The quantitative estimate of drug-likeness (QED) is 0.538. The minimum atomic E-state index is -0.439. The van der Waals surface area contributed by atoms with Gasteiger partial charge in [0.2, 0.25) is 5.91 Å². The molecule has 1 unspecified atom stereocenters. The van der Waals surface area contributed by atoms with Crippen LogP contribution < -0.4 is 10.2 Å². The fourth-order valence-electron chi connectivity index (χ4n) is 4.40. The van der Waals surface area contributed by atoms with Crippen LogP contribution in [0.15, 0.2) is 30.6 Å². The van der Waals surface area contributed by atoms with Gasteiger partial charge in [-0.25, -0.2) is 9.97 Å². The molecule has 1 aliphatic rings. The topological polar surface area (TPSA) is 87.7 Å². The molecule has 0 bridgehead atoms. The number of carbonyl (C=O) groups excluding carboxylic acids is 2. The van der Waals surface area contributed by atoms with E-state index in [0.29, 0.717) is 45.2 Å². The van der Waals surface area contributed by atoms with Gasteiger partial charge in [0.1, 0.15) is 18.2 Å². The highest BCUT2D eigenvalue weighted by molar-refractivity contribution is 5.84. The van der Waals surface area contributed by atoms with Crippen LogP contribution in [0.1, 0.15) is 62.1 Å². The molecule has 1 aliphatic heterocycles. The van der Waals surface area contributed by atoms with Crippen LogP contribution in [0.5, 0.6) is 0 Å². The lowest BCUT2D eigenvalue weighted by atomic mass is 9.95. The Kier molecular flexibility index (Phi) is 8.98. The van der Waals surface area contributed by atoms with Crippen LogP contribution in [0, 0.1) is 6.92 Å². The maximum atomic E-state index is 13.6. The van der Waals surface area contributed by atoms with Gasteiger partial charge in [-0.15, -0.1) is 0 Å². The summed E-state index contributed by atoms with van der Waals surface area (Å²) in [5.41, 5.74) is 3.91. The molecule has 0 radical (unpaired) electrons. The van der Waals surface area contributed by atoms with E-state index in [1.54, 1.807) is 0 Å². The normalized spacial score (nSPS) is 15.8. The zero-order chi connectivity index (χ0) is 24.7. The van der Waals surface area contributed by atoms with E-state index in [0.717, 1.165) is 29.1 Å². The Morgan fingerprint density at radius 2 is 1.79 bits per heavy atom. The molecule has 1 aromatic carbocycles. The average Bonchev–Trinajstić information content (AvgIpc) is 2.84. The van der Waals surface area contributed by atoms with Crippen LogP contribution in [0.25, 0.3) is 0 Å². The fourth-order valence-corrected chi connectivity index (χ4v) is 4.40. The lowest BCUT2D eigenvalue weighted by Gasteiger charge is -2.38. The maximum absolute atomic E-state index is 13.6. The Morgan fingerprint density at radius 3 is 2.38 bits per heavy atom. The van der Waals surface area contributed by atoms with Gasteiger partial charge in [0.25, 0.3) is 6.47 Å². The summed E-state index contributed by atoms with van der Waals surface area (Å²) in [7, 11) is 0. The number of ether oxygens (including phenoxy) is 1. The molecule has 1 fully saturated rings. The Morgan fingerprint density at radius 1 is 1.12 bits per heavy atom. The second-order valence-electron chi connectivity index (χ2n) is 9.09. The number of anilines is 1. The Labute approximate surface area is 202 Å². The largest absolute Gasteiger partial charge is 0.460 e. The van der Waals surface area contributed by atoms with E-state index in [4.69, 9.17) is 4.74 Å². The number of hydrogen-bond donors (Lipinski definition) is 1. The minimum absolute atomic E-state index is 0.147. The first-order valence-electron chi connectivity index (χ1n) is 12.1. The van der Waals surface area contributed by atoms with Crippen molar-refractivity contribution < 1.29 is 14.3 Å². The van der Waals surface area contributed by atoms with Crippen molar-refractivity contribution in [3.8, 4) is 0 Å². The SMILES string of the molecule is CCc1ccc(C(CNC(C)C)C(=O)N2CCN(c3ncnc(C)c3[C@@H](C)OC=O)CC2)cc1. The lowest BCUT2D eigenvalue weighted by Crippen LogP contribution is -2.51. The predicted octanol–water partition coefficient (Wildman–Crippen LogP) is 3.01. The summed E-state index contributed by atoms with van der Waals surface area (Å²) in [4.78, 5) is 37.4. The molecule has 34 heavy (non-hydrogen) atoms. The predicted molar refractivity (Wildman–Crippen MR) is 133 cm³/mol. The molecule has 2 atom stereocenters. The molecule has 8 heteroatoms.